The maximum Gasteiger partial charge on any atom is 0.142 e. The summed E-state index contributed by atoms with van der Waals surface area (Å²) < 4.78 is 27.8. The van der Waals surface area contributed by atoms with Crippen molar-refractivity contribution in [1.82, 2.24) is 4.98 Å². The fraction of sp³-hybridized carbons (Fsp3) is 0.150. The quantitative estimate of drug-likeness (QED) is 0.616. The van der Waals surface area contributed by atoms with E-state index in [0.717, 1.165) is 28.8 Å². The van der Waals surface area contributed by atoms with E-state index in [9.17, 15) is 8.78 Å². The number of benzene rings is 2. The average Bonchev–Trinajstić information content (AvgIpc) is 2.61. The van der Waals surface area contributed by atoms with Crippen LogP contribution >= 0.6 is 11.6 Å². The van der Waals surface area contributed by atoms with Crippen molar-refractivity contribution in [3.63, 3.8) is 0 Å². The van der Waals surface area contributed by atoms with E-state index in [4.69, 9.17) is 17.3 Å². The second-order valence-corrected chi connectivity index (χ2v) is 6.37. The zero-order valence-corrected chi connectivity index (χ0v) is 14.4. The molecule has 1 aromatic heterocycles. The zero-order chi connectivity index (χ0) is 18.0. The van der Waals surface area contributed by atoms with Gasteiger partial charge < -0.3 is 5.73 Å². The molecule has 2 N–H and O–H groups in total. The van der Waals surface area contributed by atoms with Crippen molar-refractivity contribution in [3.8, 4) is 11.1 Å². The second kappa shape index (κ2) is 7.19. The van der Waals surface area contributed by atoms with Crippen molar-refractivity contribution < 1.29 is 8.78 Å². The molecule has 1 atom stereocenters. The summed E-state index contributed by atoms with van der Waals surface area (Å²) in [5.41, 5.74) is 8.85. The number of hydrogen-bond acceptors (Lipinski definition) is 2. The molecule has 1 unspecified atom stereocenters. The fourth-order valence-corrected chi connectivity index (χ4v) is 3.24. The van der Waals surface area contributed by atoms with Gasteiger partial charge in [0, 0.05) is 17.3 Å². The molecule has 128 valence electrons. The summed E-state index contributed by atoms with van der Waals surface area (Å²) in [5.74, 6) is -1.13. The standard InChI is InChI=1S/C20H17ClF2N2/c1-12(18-16(22)7-8-17(23)19(18)21)9-14-10-15(11-25-20(14)24)13-5-3-2-4-6-13/h2-8,10-12H,9H2,1H3,(H2,24,25). The molecule has 0 radical (unpaired) electrons. The highest BCUT2D eigenvalue weighted by molar-refractivity contribution is 6.31. The van der Waals surface area contributed by atoms with Gasteiger partial charge >= 0.3 is 0 Å². The highest BCUT2D eigenvalue weighted by Crippen LogP contribution is 2.33. The highest BCUT2D eigenvalue weighted by atomic mass is 35.5. The molecule has 0 spiro atoms. The van der Waals surface area contributed by atoms with Crippen LogP contribution in [0.2, 0.25) is 5.02 Å². The minimum absolute atomic E-state index is 0.159. The first-order valence-electron chi connectivity index (χ1n) is 7.90. The van der Waals surface area contributed by atoms with Crippen molar-refractivity contribution in [2.75, 3.05) is 5.73 Å². The van der Waals surface area contributed by atoms with E-state index < -0.39 is 11.6 Å². The molecule has 0 saturated heterocycles. The maximum atomic E-state index is 14.1. The van der Waals surface area contributed by atoms with Crippen LogP contribution in [0.15, 0.2) is 54.7 Å². The Bertz CT molecular complexity index is 898. The van der Waals surface area contributed by atoms with E-state index in [1.165, 1.54) is 0 Å². The largest absolute Gasteiger partial charge is 0.383 e. The molecule has 0 aliphatic carbocycles. The van der Waals surface area contributed by atoms with Crippen LogP contribution in [0, 0.1) is 11.6 Å². The Balaban J connectivity index is 1.94. The summed E-state index contributed by atoms with van der Waals surface area (Å²) in [5, 5.41) is -0.182. The summed E-state index contributed by atoms with van der Waals surface area (Å²) >= 11 is 5.96. The van der Waals surface area contributed by atoms with Gasteiger partial charge in [-0.3, -0.25) is 0 Å². The lowest BCUT2D eigenvalue weighted by atomic mass is 9.92. The lowest BCUT2D eigenvalue weighted by Crippen LogP contribution is -2.07. The monoisotopic (exact) mass is 358 g/mol. The summed E-state index contributed by atoms with van der Waals surface area (Å²) in [7, 11) is 0. The van der Waals surface area contributed by atoms with Crippen molar-refractivity contribution in [3.05, 3.63) is 82.5 Å². The number of aromatic nitrogens is 1. The third kappa shape index (κ3) is 3.64. The first-order chi connectivity index (χ1) is 12.0. The summed E-state index contributed by atoms with van der Waals surface area (Å²) in [6, 6.07) is 13.8. The van der Waals surface area contributed by atoms with Gasteiger partial charge in [0.05, 0.1) is 5.02 Å². The van der Waals surface area contributed by atoms with Gasteiger partial charge in [-0.1, -0.05) is 48.9 Å². The molecular weight excluding hydrogens is 342 g/mol. The Morgan fingerprint density at radius 1 is 1.04 bits per heavy atom. The maximum absolute atomic E-state index is 14.1. The van der Waals surface area contributed by atoms with E-state index in [2.05, 4.69) is 4.98 Å². The molecule has 0 bridgehead atoms. The number of nitrogens with zero attached hydrogens (tertiary/aromatic N) is 1. The number of halogens is 3. The third-order valence-electron chi connectivity index (χ3n) is 4.21. The smallest absolute Gasteiger partial charge is 0.142 e. The molecule has 5 heteroatoms. The van der Waals surface area contributed by atoms with Crippen LogP contribution in [0.5, 0.6) is 0 Å². The van der Waals surface area contributed by atoms with Crippen molar-refractivity contribution in [2.45, 2.75) is 19.3 Å². The molecule has 2 nitrogen and oxygen atoms in total. The first-order valence-corrected chi connectivity index (χ1v) is 8.28. The van der Waals surface area contributed by atoms with E-state index >= 15 is 0 Å². The van der Waals surface area contributed by atoms with Crippen LogP contribution in [0.25, 0.3) is 11.1 Å². The normalized spacial score (nSPS) is 12.2. The van der Waals surface area contributed by atoms with Crippen LogP contribution in [-0.4, -0.2) is 4.98 Å². The number of hydrogen-bond donors (Lipinski definition) is 1. The summed E-state index contributed by atoms with van der Waals surface area (Å²) in [4.78, 5) is 4.24. The summed E-state index contributed by atoms with van der Waals surface area (Å²) in [6.07, 6.45) is 2.11. The first kappa shape index (κ1) is 17.4. The minimum atomic E-state index is -0.631. The van der Waals surface area contributed by atoms with Gasteiger partial charge in [0.25, 0.3) is 0 Å². The summed E-state index contributed by atoms with van der Waals surface area (Å²) in [6.45, 7) is 1.79. The van der Waals surface area contributed by atoms with Crippen LogP contribution in [0.4, 0.5) is 14.6 Å². The molecule has 0 saturated carbocycles. The van der Waals surface area contributed by atoms with E-state index in [1.54, 1.807) is 13.1 Å². The van der Waals surface area contributed by atoms with Gasteiger partial charge in [-0.2, -0.15) is 0 Å². The number of rotatable bonds is 4. The molecule has 2 aromatic carbocycles. The lowest BCUT2D eigenvalue weighted by molar-refractivity contribution is 0.567. The van der Waals surface area contributed by atoms with Crippen LogP contribution in [0.1, 0.15) is 24.0 Å². The van der Waals surface area contributed by atoms with Crippen molar-refractivity contribution in [1.29, 1.82) is 0 Å². The SMILES string of the molecule is CC(Cc1cc(-c2ccccc2)cnc1N)c1c(F)ccc(F)c1Cl. The highest BCUT2D eigenvalue weighted by Gasteiger charge is 2.20. The van der Waals surface area contributed by atoms with E-state index in [1.807, 2.05) is 36.4 Å². The van der Waals surface area contributed by atoms with Gasteiger partial charge in [-0.05, 0) is 41.7 Å². The Labute approximate surface area is 150 Å². The number of nitrogen functional groups attached to an aromatic ring is 1. The number of anilines is 1. The molecule has 3 aromatic rings. The predicted molar refractivity (Wildman–Crippen MR) is 97.6 cm³/mol. The molecular formula is C20H17ClF2N2. The topological polar surface area (TPSA) is 38.9 Å². The van der Waals surface area contributed by atoms with E-state index in [-0.39, 0.29) is 16.5 Å². The van der Waals surface area contributed by atoms with Gasteiger partial charge in [0.1, 0.15) is 17.5 Å². The Morgan fingerprint density at radius 3 is 2.44 bits per heavy atom. The number of nitrogens with two attached hydrogens (primary N) is 1. The van der Waals surface area contributed by atoms with Gasteiger partial charge in [-0.15, -0.1) is 0 Å². The molecule has 0 fully saturated rings. The van der Waals surface area contributed by atoms with Crippen LogP contribution in [-0.2, 0) is 6.42 Å². The predicted octanol–water partition coefficient (Wildman–Crippen LogP) is 5.61. The molecule has 3 rings (SSSR count). The average molecular weight is 359 g/mol. The Hall–Kier alpha value is -2.46. The van der Waals surface area contributed by atoms with Gasteiger partial charge in [0.15, 0.2) is 0 Å². The minimum Gasteiger partial charge on any atom is -0.383 e. The van der Waals surface area contributed by atoms with Crippen molar-refractivity contribution in [2.24, 2.45) is 0 Å². The Kier molecular flexibility index (Phi) is 5.00. The van der Waals surface area contributed by atoms with Gasteiger partial charge in [0.2, 0.25) is 0 Å². The number of pyridine rings is 1. The lowest BCUT2D eigenvalue weighted by Gasteiger charge is -2.16. The van der Waals surface area contributed by atoms with Crippen molar-refractivity contribution >= 4 is 17.4 Å². The molecule has 1 heterocycles. The third-order valence-corrected chi connectivity index (χ3v) is 4.59. The van der Waals surface area contributed by atoms with Crippen LogP contribution < -0.4 is 5.73 Å². The molecule has 0 aliphatic rings. The fourth-order valence-electron chi connectivity index (χ4n) is 2.90. The van der Waals surface area contributed by atoms with Crippen LogP contribution in [0.3, 0.4) is 0 Å². The molecule has 0 amide bonds. The zero-order valence-electron chi connectivity index (χ0n) is 13.6. The van der Waals surface area contributed by atoms with E-state index in [0.29, 0.717) is 12.2 Å². The van der Waals surface area contributed by atoms with Gasteiger partial charge in [-0.25, -0.2) is 13.8 Å². The Morgan fingerprint density at radius 2 is 1.72 bits per heavy atom. The molecule has 25 heavy (non-hydrogen) atoms. The molecule has 0 aliphatic heterocycles. The second-order valence-electron chi connectivity index (χ2n) is 6.00.